The highest BCUT2D eigenvalue weighted by Crippen LogP contribution is 2.35. The Bertz CT molecular complexity index is 1330. The average Bonchev–Trinajstić information content (AvgIpc) is 3.20. The van der Waals surface area contributed by atoms with Crippen LogP contribution in [0.15, 0.2) is 52.3 Å². The fourth-order valence-electron chi connectivity index (χ4n) is 3.07. The van der Waals surface area contributed by atoms with Crippen LogP contribution in [0, 0.1) is 13.8 Å². The number of furan rings is 1. The molecule has 5 aromatic rings. The van der Waals surface area contributed by atoms with Crippen molar-refractivity contribution in [3.05, 3.63) is 59.1 Å². The van der Waals surface area contributed by atoms with Gasteiger partial charge in [0.05, 0.1) is 5.69 Å². The molecule has 1 aromatic carbocycles. The van der Waals surface area contributed by atoms with Gasteiger partial charge in [-0.15, -0.1) is 11.3 Å². The van der Waals surface area contributed by atoms with Crippen LogP contribution in [0.25, 0.3) is 43.5 Å². The van der Waals surface area contributed by atoms with E-state index in [4.69, 9.17) is 13.5 Å². The van der Waals surface area contributed by atoms with E-state index < -0.39 is 6.85 Å². The van der Waals surface area contributed by atoms with Gasteiger partial charge in [-0.05, 0) is 55.1 Å². The lowest BCUT2D eigenvalue weighted by Crippen LogP contribution is -1.84. The largest absolute Gasteiger partial charge is 0.437 e. The quantitative estimate of drug-likeness (QED) is 0.385. The number of aromatic nitrogens is 2. The SMILES string of the molecule is [2H]C([2H])([2H])c1ccc2c(n1)oc1c(-c3ccc4c(C)csc4n3)cccc12. The zero-order chi connectivity index (χ0) is 18.8. The van der Waals surface area contributed by atoms with Gasteiger partial charge < -0.3 is 4.42 Å². The molecule has 0 aliphatic rings. The first-order chi connectivity index (χ1) is 12.9. The number of aryl methyl sites for hydroxylation is 2. The predicted octanol–water partition coefficient (Wildman–Crippen LogP) is 5.87. The molecule has 4 heterocycles. The minimum absolute atomic E-state index is 0.0317. The van der Waals surface area contributed by atoms with Crippen LogP contribution in [0.3, 0.4) is 0 Å². The maximum Gasteiger partial charge on any atom is 0.227 e. The van der Waals surface area contributed by atoms with Gasteiger partial charge in [0.15, 0.2) is 0 Å². The second-order valence-electron chi connectivity index (χ2n) is 5.80. The maximum atomic E-state index is 7.56. The van der Waals surface area contributed by atoms with Crippen LogP contribution in [0.2, 0.25) is 0 Å². The third kappa shape index (κ3) is 1.90. The lowest BCUT2D eigenvalue weighted by atomic mass is 10.1. The van der Waals surface area contributed by atoms with Crippen LogP contribution >= 0.6 is 11.3 Å². The Kier molecular flexibility index (Phi) is 2.23. The van der Waals surface area contributed by atoms with E-state index >= 15 is 0 Å². The van der Waals surface area contributed by atoms with Gasteiger partial charge in [0.25, 0.3) is 0 Å². The number of fused-ring (bicyclic) bond motifs is 4. The first kappa shape index (κ1) is 10.9. The van der Waals surface area contributed by atoms with Gasteiger partial charge in [0.1, 0.15) is 10.4 Å². The van der Waals surface area contributed by atoms with Crippen molar-refractivity contribution in [3.63, 3.8) is 0 Å². The Hall–Kier alpha value is -2.72. The monoisotopic (exact) mass is 333 g/mol. The Morgan fingerprint density at radius 2 is 1.92 bits per heavy atom. The van der Waals surface area contributed by atoms with Gasteiger partial charge in [0, 0.05) is 31.5 Å². The summed E-state index contributed by atoms with van der Waals surface area (Å²) in [6.45, 7) is -0.187. The maximum absolute atomic E-state index is 7.56. The van der Waals surface area contributed by atoms with Crippen LogP contribution in [0.1, 0.15) is 15.4 Å². The smallest absolute Gasteiger partial charge is 0.227 e. The highest BCUT2D eigenvalue weighted by molar-refractivity contribution is 7.16. The molecule has 0 radical (unpaired) electrons. The first-order valence-corrected chi connectivity index (χ1v) is 8.48. The average molecular weight is 333 g/mol. The van der Waals surface area contributed by atoms with E-state index in [1.165, 1.54) is 11.6 Å². The molecule has 0 amide bonds. The summed E-state index contributed by atoms with van der Waals surface area (Å²) in [6.07, 6.45) is 0. The number of benzene rings is 1. The summed E-state index contributed by atoms with van der Waals surface area (Å²) in [7, 11) is 0. The Labute approximate surface area is 146 Å². The van der Waals surface area contributed by atoms with Gasteiger partial charge in [-0.1, -0.05) is 12.1 Å². The molecule has 0 saturated heterocycles. The minimum atomic E-state index is -2.26. The molecule has 0 N–H and O–H groups in total. The second-order valence-corrected chi connectivity index (χ2v) is 6.66. The molecule has 0 bridgehead atoms. The summed E-state index contributed by atoms with van der Waals surface area (Å²) in [5, 5.41) is 4.96. The number of hydrogen-bond acceptors (Lipinski definition) is 4. The number of rotatable bonds is 1. The lowest BCUT2D eigenvalue weighted by Gasteiger charge is -2.02. The van der Waals surface area contributed by atoms with Crippen molar-refractivity contribution in [3.8, 4) is 11.3 Å². The van der Waals surface area contributed by atoms with Crippen LogP contribution in [0.4, 0.5) is 0 Å². The van der Waals surface area contributed by atoms with Gasteiger partial charge in [-0.25, -0.2) is 9.97 Å². The van der Waals surface area contributed by atoms with Crippen molar-refractivity contribution in [1.29, 1.82) is 0 Å². The summed E-state index contributed by atoms with van der Waals surface area (Å²) in [6, 6.07) is 13.2. The predicted molar refractivity (Wildman–Crippen MR) is 99.6 cm³/mol. The van der Waals surface area contributed by atoms with E-state index in [9.17, 15) is 0 Å². The van der Waals surface area contributed by atoms with Crippen molar-refractivity contribution in [2.75, 3.05) is 0 Å². The Balaban J connectivity index is 1.76. The summed E-state index contributed by atoms with van der Waals surface area (Å²) < 4.78 is 28.7. The lowest BCUT2D eigenvalue weighted by molar-refractivity contribution is 0.653. The van der Waals surface area contributed by atoms with E-state index in [0.717, 1.165) is 32.2 Å². The fraction of sp³-hybridized carbons (Fsp3) is 0.100. The molecule has 0 unspecified atom stereocenters. The van der Waals surface area contributed by atoms with Crippen molar-refractivity contribution in [1.82, 2.24) is 9.97 Å². The topological polar surface area (TPSA) is 38.9 Å². The highest BCUT2D eigenvalue weighted by atomic mass is 32.1. The molecule has 116 valence electrons. The summed E-state index contributed by atoms with van der Waals surface area (Å²) >= 11 is 1.62. The highest BCUT2D eigenvalue weighted by Gasteiger charge is 2.14. The van der Waals surface area contributed by atoms with E-state index in [2.05, 4.69) is 23.4 Å². The van der Waals surface area contributed by atoms with Crippen LogP contribution in [0.5, 0.6) is 0 Å². The molecule has 0 saturated carbocycles. The van der Waals surface area contributed by atoms with E-state index in [1.54, 1.807) is 17.4 Å². The number of hydrogen-bond donors (Lipinski definition) is 0. The van der Waals surface area contributed by atoms with Crippen LogP contribution in [-0.2, 0) is 0 Å². The zero-order valence-electron chi connectivity index (χ0n) is 15.8. The van der Waals surface area contributed by atoms with E-state index in [1.807, 2.05) is 24.3 Å². The van der Waals surface area contributed by atoms with Gasteiger partial charge >= 0.3 is 0 Å². The number of para-hydroxylation sites is 1. The van der Waals surface area contributed by atoms with Gasteiger partial charge in [-0.2, -0.15) is 0 Å². The zero-order valence-corrected chi connectivity index (χ0v) is 13.6. The molecule has 0 fully saturated rings. The number of pyridine rings is 2. The third-order valence-corrected chi connectivity index (χ3v) is 5.28. The number of nitrogens with zero attached hydrogens (tertiary/aromatic N) is 2. The summed E-state index contributed by atoms with van der Waals surface area (Å²) in [4.78, 5) is 10.0. The van der Waals surface area contributed by atoms with E-state index in [0.29, 0.717) is 11.3 Å². The molecule has 3 nitrogen and oxygen atoms in total. The summed E-state index contributed by atoms with van der Waals surface area (Å²) in [5.74, 6) is 0. The second kappa shape index (κ2) is 4.89. The molecule has 0 aliphatic heterocycles. The minimum Gasteiger partial charge on any atom is -0.437 e. The molecule has 0 aliphatic carbocycles. The number of thiophene rings is 1. The molecule has 24 heavy (non-hydrogen) atoms. The van der Waals surface area contributed by atoms with Crippen molar-refractivity contribution in [2.24, 2.45) is 0 Å². The van der Waals surface area contributed by atoms with Crippen molar-refractivity contribution in [2.45, 2.75) is 13.8 Å². The van der Waals surface area contributed by atoms with Crippen molar-refractivity contribution >= 4 is 43.6 Å². The molecule has 0 spiro atoms. The van der Waals surface area contributed by atoms with E-state index in [-0.39, 0.29) is 5.69 Å². The standard InChI is InChI=1S/C20H14N2OS/c1-11-10-24-20-13(11)8-9-17(22-20)16-5-3-4-14-15-7-6-12(2)21-19(15)23-18(14)16/h3-10H,1-2H3/i2D3. The Morgan fingerprint density at radius 1 is 1.00 bits per heavy atom. The van der Waals surface area contributed by atoms with Crippen LogP contribution in [-0.4, -0.2) is 9.97 Å². The van der Waals surface area contributed by atoms with Gasteiger partial charge in [0.2, 0.25) is 5.71 Å². The molecular formula is C20H14N2OS. The molecule has 4 aromatic heterocycles. The van der Waals surface area contributed by atoms with Crippen molar-refractivity contribution < 1.29 is 8.53 Å². The summed E-state index contributed by atoms with van der Waals surface area (Å²) in [5.41, 5.74) is 3.95. The molecular weight excluding hydrogens is 316 g/mol. The normalized spacial score (nSPS) is 14.1. The van der Waals surface area contributed by atoms with Gasteiger partial charge in [-0.3, -0.25) is 0 Å². The third-order valence-electron chi connectivity index (χ3n) is 4.27. The fourth-order valence-corrected chi connectivity index (χ4v) is 3.99. The molecule has 0 atom stereocenters. The Morgan fingerprint density at radius 3 is 2.83 bits per heavy atom. The first-order valence-electron chi connectivity index (χ1n) is 9.10. The van der Waals surface area contributed by atoms with Crippen LogP contribution < -0.4 is 0 Å². The molecule has 5 rings (SSSR count). The molecule has 4 heteroatoms.